The Morgan fingerprint density at radius 3 is 2.90 bits per heavy atom. The van der Waals surface area contributed by atoms with Crippen LogP contribution >= 0.6 is 11.8 Å². The minimum Gasteiger partial charge on any atom is -0.481 e. The van der Waals surface area contributed by atoms with E-state index in [1.807, 2.05) is 4.57 Å². The van der Waals surface area contributed by atoms with E-state index in [0.717, 1.165) is 18.5 Å². The van der Waals surface area contributed by atoms with Crippen molar-refractivity contribution in [3.8, 4) is 0 Å². The SMILES string of the molecule is CC(C)CCn1c(SCC(=O)O)nc2cc(F)ccc21. The average molecular weight is 296 g/mol. The average Bonchev–Trinajstić information content (AvgIpc) is 2.70. The molecule has 4 nitrogen and oxygen atoms in total. The molecule has 2 rings (SSSR count). The van der Waals surface area contributed by atoms with Gasteiger partial charge < -0.3 is 9.67 Å². The molecule has 0 aliphatic carbocycles. The van der Waals surface area contributed by atoms with Crippen molar-refractivity contribution in [2.75, 3.05) is 5.75 Å². The van der Waals surface area contributed by atoms with Crippen molar-refractivity contribution in [2.24, 2.45) is 5.92 Å². The molecule has 0 atom stereocenters. The van der Waals surface area contributed by atoms with Crippen LogP contribution in [0.2, 0.25) is 0 Å². The monoisotopic (exact) mass is 296 g/mol. The van der Waals surface area contributed by atoms with Crippen LogP contribution in [0.15, 0.2) is 23.4 Å². The van der Waals surface area contributed by atoms with Crippen LogP contribution in [-0.2, 0) is 11.3 Å². The summed E-state index contributed by atoms with van der Waals surface area (Å²) in [5.74, 6) is -0.734. The van der Waals surface area contributed by atoms with E-state index in [-0.39, 0.29) is 11.6 Å². The molecule has 6 heteroatoms. The van der Waals surface area contributed by atoms with E-state index < -0.39 is 5.97 Å². The zero-order chi connectivity index (χ0) is 14.7. The third-order valence-electron chi connectivity index (χ3n) is 2.93. The fourth-order valence-electron chi connectivity index (χ4n) is 1.92. The molecule has 1 N–H and O–H groups in total. The summed E-state index contributed by atoms with van der Waals surface area (Å²) in [5.41, 5.74) is 1.42. The normalized spacial score (nSPS) is 11.4. The van der Waals surface area contributed by atoms with Crippen molar-refractivity contribution in [3.05, 3.63) is 24.0 Å². The molecular weight excluding hydrogens is 279 g/mol. The lowest BCUT2D eigenvalue weighted by atomic mass is 10.1. The zero-order valence-electron chi connectivity index (χ0n) is 11.5. The van der Waals surface area contributed by atoms with Crippen molar-refractivity contribution in [1.82, 2.24) is 9.55 Å². The van der Waals surface area contributed by atoms with Gasteiger partial charge in [-0.15, -0.1) is 0 Å². The van der Waals surface area contributed by atoms with Crippen LogP contribution in [0, 0.1) is 11.7 Å². The molecule has 0 saturated heterocycles. The number of benzene rings is 1. The molecule has 1 heterocycles. The van der Waals surface area contributed by atoms with Crippen molar-refractivity contribution < 1.29 is 14.3 Å². The van der Waals surface area contributed by atoms with Gasteiger partial charge in [-0.25, -0.2) is 9.37 Å². The first kappa shape index (κ1) is 14.8. The highest BCUT2D eigenvalue weighted by Gasteiger charge is 2.13. The Balaban J connectivity index is 2.36. The van der Waals surface area contributed by atoms with E-state index in [1.54, 1.807) is 6.07 Å². The van der Waals surface area contributed by atoms with Crippen molar-refractivity contribution in [3.63, 3.8) is 0 Å². The Hall–Kier alpha value is -1.56. The number of rotatable bonds is 6. The molecule has 0 saturated carbocycles. The molecule has 0 aliphatic heterocycles. The first-order chi connectivity index (χ1) is 9.47. The number of carboxylic acid groups (broad SMARTS) is 1. The molecule has 1 aromatic heterocycles. The maximum atomic E-state index is 13.3. The lowest BCUT2D eigenvalue weighted by molar-refractivity contribution is -0.133. The minimum absolute atomic E-state index is 0.0481. The van der Waals surface area contributed by atoms with Gasteiger partial charge in [0.25, 0.3) is 0 Å². The number of imidazole rings is 1. The highest BCUT2D eigenvalue weighted by atomic mass is 32.2. The predicted octanol–water partition coefficient (Wildman–Crippen LogP) is 3.40. The van der Waals surface area contributed by atoms with E-state index in [9.17, 15) is 9.18 Å². The first-order valence-electron chi connectivity index (χ1n) is 6.47. The Morgan fingerprint density at radius 2 is 2.25 bits per heavy atom. The lowest BCUT2D eigenvalue weighted by Crippen LogP contribution is -2.05. The third-order valence-corrected chi connectivity index (χ3v) is 3.89. The number of thioether (sulfide) groups is 1. The van der Waals surface area contributed by atoms with Crippen LogP contribution < -0.4 is 0 Å². The number of hydrogen-bond acceptors (Lipinski definition) is 3. The van der Waals surface area contributed by atoms with E-state index in [2.05, 4.69) is 18.8 Å². The second kappa shape index (κ2) is 6.26. The van der Waals surface area contributed by atoms with Crippen LogP contribution in [0.4, 0.5) is 4.39 Å². The van der Waals surface area contributed by atoms with E-state index in [1.165, 1.54) is 23.9 Å². The third kappa shape index (κ3) is 3.50. The molecule has 0 fully saturated rings. The molecule has 20 heavy (non-hydrogen) atoms. The number of aromatic nitrogens is 2. The Morgan fingerprint density at radius 1 is 1.50 bits per heavy atom. The second-order valence-electron chi connectivity index (χ2n) is 5.04. The summed E-state index contributed by atoms with van der Waals surface area (Å²) < 4.78 is 15.2. The van der Waals surface area contributed by atoms with E-state index in [0.29, 0.717) is 16.6 Å². The summed E-state index contributed by atoms with van der Waals surface area (Å²) >= 11 is 1.17. The first-order valence-corrected chi connectivity index (χ1v) is 7.46. The summed E-state index contributed by atoms with van der Waals surface area (Å²) in [6.07, 6.45) is 0.962. The van der Waals surface area contributed by atoms with Crippen LogP contribution in [0.25, 0.3) is 11.0 Å². The number of halogens is 1. The van der Waals surface area contributed by atoms with Gasteiger partial charge in [0.15, 0.2) is 5.16 Å². The van der Waals surface area contributed by atoms with Gasteiger partial charge in [-0.1, -0.05) is 25.6 Å². The van der Waals surface area contributed by atoms with E-state index >= 15 is 0 Å². The standard InChI is InChI=1S/C14H17FN2O2S/c1-9(2)5-6-17-12-4-3-10(15)7-11(12)16-14(17)20-8-13(18)19/h3-4,7,9H,5-6,8H2,1-2H3,(H,18,19). The Kier molecular flexibility index (Phi) is 4.65. The molecule has 0 unspecified atom stereocenters. The van der Waals surface area contributed by atoms with Crippen LogP contribution in [0.5, 0.6) is 0 Å². The molecule has 1 aromatic carbocycles. The summed E-state index contributed by atoms with van der Waals surface area (Å²) in [7, 11) is 0. The van der Waals surface area contributed by atoms with E-state index in [4.69, 9.17) is 5.11 Å². The number of carboxylic acids is 1. The molecule has 0 amide bonds. The second-order valence-corrected chi connectivity index (χ2v) is 5.99. The van der Waals surface area contributed by atoms with Crippen molar-refractivity contribution >= 4 is 28.8 Å². The predicted molar refractivity (Wildman–Crippen MR) is 77.5 cm³/mol. The Labute approximate surface area is 121 Å². The van der Waals surface area contributed by atoms with Crippen LogP contribution in [-0.4, -0.2) is 26.4 Å². The molecule has 0 spiro atoms. The molecule has 0 bridgehead atoms. The molecule has 0 radical (unpaired) electrons. The lowest BCUT2D eigenvalue weighted by Gasteiger charge is -2.10. The number of carbonyl (C=O) groups is 1. The molecular formula is C14H17FN2O2S. The summed E-state index contributed by atoms with van der Waals surface area (Å²) in [6, 6.07) is 4.48. The highest BCUT2D eigenvalue weighted by Crippen LogP contribution is 2.25. The van der Waals surface area contributed by atoms with Gasteiger partial charge in [0.05, 0.1) is 16.8 Å². The summed E-state index contributed by atoms with van der Waals surface area (Å²) in [6.45, 7) is 5.01. The molecule has 2 aromatic rings. The Bertz CT molecular complexity index is 625. The maximum Gasteiger partial charge on any atom is 0.313 e. The largest absolute Gasteiger partial charge is 0.481 e. The number of hydrogen-bond donors (Lipinski definition) is 1. The van der Waals surface area contributed by atoms with Gasteiger partial charge in [-0.2, -0.15) is 0 Å². The van der Waals surface area contributed by atoms with Gasteiger partial charge in [0.1, 0.15) is 5.82 Å². The number of aliphatic carboxylic acids is 1. The van der Waals surface area contributed by atoms with Gasteiger partial charge in [-0.3, -0.25) is 4.79 Å². The fraction of sp³-hybridized carbons (Fsp3) is 0.429. The van der Waals surface area contributed by atoms with Crippen LogP contribution in [0.3, 0.4) is 0 Å². The zero-order valence-corrected chi connectivity index (χ0v) is 12.3. The highest BCUT2D eigenvalue weighted by molar-refractivity contribution is 7.99. The topological polar surface area (TPSA) is 55.1 Å². The number of fused-ring (bicyclic) bond motifs is 1. The fourth-order valence-corrected chi connectivity index (χ4v) is 2.68. The van der Waals surface area contributed by atoms with Gasteiger partial charge in [0, 0.05) is 12.6 Å². The number of aryl methyl sites for hydroxylation is 1. The molecule has 108 valence electrons. The quantitative estimate of drug-likeness (QED) is 0.830. The summed E-state index contributed by atoms with van der Waals surface area (Å²) in [4.78, 5) is 15.0. The summed E-state index contributed by atoms with van der Waals surface area (Å²) in [5, 5.41) is 9.42. The van der Waals surface area contributed by atoms with Crippen LogP contribution in [0.1, 0.15) is 20.3 Å². The molecule has 0 aliphatic rings. The minimum atomic E-state index is -0.886. The van der Waals surface area contributed by atoms with Gasteiger partial charge in [-0.05, 0) is 24.5 Å². The smallest absolute Gasteiger partial charge is 0.313 e. The van der Waals surface area contributed by atoms with Gasteiger partial charge >= 0.3 is 5.97 Å². The number of nitrogens with zero attached hydrogens (tertiary/aromatic N) is 2. The van der Waals surface area contributed by atoms with Gasteiger partial charge in [0.2, 0.25) is 0 Å². The maximum absolute atomic E-state index is 13.3. The van der Waals surface area contributed by atoms with Crippen molar-refractivity contribution in [2.45, 2.75) is 32.0 Å². The van der Waals surface area contributed by atoms with Crippen molar-refractivity contribution in [1.29, 1.82) is 0 Å².